The Balaban J connectivity index is 2.35. The van der Waals surface area contributed by atoms with Gasteiger partial charge in [0, 0.05) is 0 Å². The van der Waals surface area contributed by atoms with Crippen LogP contribution >= 0.6 is 0 Å². The highest BCUT2D eigenvalue weighted by Crippen LogP contribution is 2.39. The summed E-state index contributed by atoms with van der Waals surface area (Å²) in [6, 6.07) is 5.46. The molecule has 3 nitrogen and oxygen atoms in total. The van der Waals surface area contributed by atoms with E-state index in [0.29, 0.717) is 12.3 Å². The third-order valence-corrected chi connectivity index (χ3v) is 4.28. The standard InChI is InChI=1S/C18H24O3/c1-12(2)10-15-11-14(8-9-16(15)19)17(18(20)21-3)13-6-4-5-7-13/h8-9,11,13,17,19H,1,4-7,10H2,2-3H3. The molecule has 21 heavy (non-hydrogen) atoms. The van der Waals surface area contributed by atoms with E-state index < -0.39 is 0 Å². The second-order valence-electron chi connectivity index (χ2n) is 6.07. The highest BCUT2D eigenvalue weighted by atomic mass is 16.5. The van der Waals surface area contributed by atoms with E-state index in [1.165, 1.54) is 20.0 Å². The summed E-state index contributed by atoms with van der Waals surface area (Å²) in [4.78, 5) is 12.2. The minimum absolute atomic E-state index is 0.172. The van der Waals surface area contributed by atoms with Crippen molar-refractivity contribution in [1.82, 2.24) is 0 Å². The number of phenols is 1. The molecule has 0 aromatic heterocycles. The largest absolute Gasteiger partial charge is 0.508 e. The van der Waals surface area contributed by atoms with Crippen molar-refractivity contribution < 1.29 is 14.6 Å². The molecule has 0 amide bonds. The molecule has 0 spiro atoms. The minimum atomic E-state index is -0.220. The number of carbonyl (C=O) groups is 1. The van der Waals surface area contributed by atoms with Gasteiger partial charge in [0.1, 0.15) is 5.75 Å². The van der Waals surface area contributed by atoms with Gasteiger partial charge in [-0.25, -0.2) is 0 Å². The summed E-state index contributed by atoms with van der Waals surface area (Å²) in [5.41, 5.74) is 2.76. The molecule has 0 heterocycles. The molecule has 1 aliphatic rings. The van der Waals surface area contributed by atoms with Crippen molar-refractivity contribution in [3.63, 3.8) is 0 Å². The van der Waals surface area contributed by atoms with Gasteiger partial charge in [0.15, 0.2) is 0 Å². The average Bonchev–Trinajstić information content (AvgIpc) is 2.95. The second kappa shape index (κ2) is 6.79. The van der Waals surface area contributed by atoms with Gasteiger partial charge in [-0.2, -0.15) is 0 Å². The molecule has 1 N–H and O–H groups in total. The molecule has 1 aliphatic carbocycles. The number of phenolic OH excluding ortho intramolecular Hbond substituents is 1. The fraction of sp³-hybridized carbons (Fsp3) is 0.500. The number of methoxy groups -OCH3 is 1. The van der Waals surface area contributed by atoms with Crippen LogP contribution in [0.4, 0.5) is 0 Å². The van der Waals surface area contributed by atoms with E-state index in [-0.39, 0.29) is 17.6 Å². The number of esters is 1. The number of carbonyl (C=O) groups excluding carboxylic acids is 1. The Kier molecular flexibility index (Phi) is 5.05. The number of hydrogen-bond donors (Lipinski definition) is 1. The molecule has 1 atom stereocenters. The first kappa shape index (κ1) is 15.6. The summed E-state index contributed by atoms with van der Waals surface area (Å²) in [7, 11) is 1.44. The fourth-order valence-corrected chi connectivity index (χ4v) is 3.28. The van der Waals surface area contributed by atoms with E-state index in [1.54, 1.807) is 6.07 Å². The number of benzene rings is 1. The Labute approximate surface area is 126 Å². The van der Waals surface area contributed by atoms with Crippen LogP contribution in [0.25, 0.3) is 0 Å². The summed E-state index contributed by atoms with van der Waals surface area (Å²) in [5.74, 6) is 0.215. The Morgan fingerprint density at radius 3 is 2.67 bits per heavy atom. The van der Waals surface area contributed by atoms with Gasteiger partial charge in [-0.15, -0.1) is 0 Å². The first-order valence-electron chi connectivity index (χ1n) is 7.57. The number of rotatable bonds is 5. The molecule has 1 fully saturated rings. The maximum absolute atomic E-state index is 12.2. The number of hydrogen-bond acceptors (Lipinski definition) is 3. The normalized spacial score (nSPS) is 16.7. The third-order valence-electron chi connectivity index (χ3n) is 4.28. The topological polar surface area (TPSA) is 46.5 Å². The van der Waals surface area contributed by atoms with E-state index in [2.05, 4.69) is 6.58 Å². The zero-order valence-electron chi connectivity index (χ0n) is 12.9. The van der Waals surface area contributed by atoms with Crippen LogP contribution in [0.5, 0.6) is 5.75 Å². The van der Waals surface area contributed by atoms with Crippen LogP contribution in [0.1, 0.15) is 49.7 Å². The Morgan fingerprint density at radius 2 is 2.10 bits per heavy atom. The van der Waals surface area contributed by atoms with Gasteiger partial charge in [0.2, 0.25) is 0 Å². The van der Waals surface area contributed by atoms with Crippen LogP contribution in [0.15, 0.2) is 30.4 Å². The molecular formula is C18H24O3. The molecule has 2 rings (SSSR count). The van der Waals surface area contributed by atoms with Crippen LogP contribution in [0, 0.1) is 5.92 Å². The predicted octanol–water partition coefficient (Wildman–Crippen LogP) is 3.96. The Morgan fingerprint density at radius 1 is 1.43 bits per heavy atom. The lowest BCUT2D eigenvalue weighted by atomic mass is 9.83. The molecule has 114 valence electrons. The van der Waals surface area contributed by atoms with Gasteiger partial charge in [-0.3, -0.25) is 4.79 Å². The molecule has 0 saturated heterocycles. The molecule has 1 aromatic rings. The van der Waals surface area contributed by atoms with E-state index in [1.807, 2.05) is 19.1 Å². The van der Waals surface area contributed by atoms with Gasteiger partial charge in [-0.1, -0.05) is 37.1 Å². The SMILES string of the molecule is C=C(C)Cc1cc(C(C(=O)OC)C2CCCC2)ccc1O. The zero-order valence-corrected chi connectivity index (χ0v) is 12.9. The predicted molar refractivity (Wildman–Crippen MR) is 83.3 cm³/mol. The maximum Gasteiger partial charge on any atom is 0.313 e. The van der Waals surface area contributed by atoms with E-state index >= 15 is 0 Å². The molecule has 1 saturated carbocycles. The molecule has 3 heteroatoms. The number of allylic oxidation sites excluding steroid dienone is 1. The molecule has 1 unspecified atom stereocenters. The average molecular weight is 288 g/mol. The van der Waals surface area contributed by atoms with Crippen LogP contribution < -0.4 is 0 Å². The number of aromatic hydroxyl groups is 1. The van der Waals surface area contributed by atoms with Crippen molar-refractivity contribution in [1.29, 1.82) is 0 Å². The molecule has 0 aliphatic heterocycles. The van der Waals surface area contributed by atoms with E-state index in [9.17, 15) is 9.90 Å². The summed E-state index contributed by atoms with van der Waals surface area (Å²) in [6.45, 7) is 5.82. The second-order valence-corrected chi connectivity index (χ2v) is 6.07. The lowest BCUT2D eigenvalue weighted by Gasteiger charge is -2.22. The third kappa shape index (κ3) is 3.66. The van der Waals surface area contributed by atoms with E-state index in [4.69, 9.17) is 4.74 Å². The minimum Gasteiger partial charge on any atom is -0.508 e. The van der Waals surface area contributed by atoms with Crippen molar-refractivity contribution in [2.75, 3.05) is 7.11 Å². The Bertz CT molecular complexity index is 527. The van der Waals surface area contributed by atoms with Crippen molar-refractivity contribution in [3.05, 3.63) is 41.5 Å². The first-order valence-corrected chi connectivity index (χ1v) is 7.57. The summed E-state index contributed by atoms with van der Waals surface area (Å²) in [6.07, 6.45) is 5.11. The van der Waals surface area contributed by atoms with Crippen molar-refractivity contribution in [3.8, 4) is 5.75 Å². The number of ether oxygens (including phenoxy) is 1. The van der Waals surface area contributed by atoms with Gasteiger partial charge in [-0.05, 0) is 49.3 Å². The van der Waals surface area contributed by atoms with Crippen molar-refractivity contribution in [2.45, 2.75) is 44.9 Å². The summed E-state index contributed by atoms with van der Waals surface area (Å²) < 4.78 is 5.01. The molecular weight excluding hydrogens is 264 g/mol. The smallest absolute Gasteiger partial charge is 0.313 e. The van der Waals surface area contributed by atoms with Gasteiger partial charge < -0.3 is 9.84 Å². The zero-order chi connectivity index (χ0) is 15.4. The highest BCUT2D eigenvalue weighted by Gasteiger charge is 2.33. The van der Waals surface area contributed by atoms with Crippen molar-refractivity contribution in [2.24, 2.45) is 5.92 Å². The van der Waals surface area contributed by atoms with Crippen molar-refractivity contribution >= 4 is 5.97 Å². The van der Waals surface area contributed by atoms with E-state index in [0.717, 1.165) is 29.5 Å². The Hall–Kier alpha value is -1.77. The summed E-state index contributed by atoms with van der Waals surface area (Å²) >= 11 is 0. The van der Waals surface area contributed by atoms with Gasteiger partial charge in [0.05, 0.1) is 13.0 Å². The van der Waals surface area contributed by atoms with Gasteiger partial charge in [0.25, 0.3) is 0 Å². The lowest BCUT2D eigenvalue weighted by Crippen LogP contribution is -2.21. The molecule has 0 radical (unpaired) electrons. The lowest BCUT2D eigenvalue weighted by molar-refractivity contribution is -0.143. The molecule has 1 aromatic carbocycles. The quantitative estimate of drug-likeness (QED) is 0.659. The fourth-order valence-electron chi connectivity index (χ4n) is 3.28. The monoisotopic (exact) mass is 288 g/mol. The molecule has 0 bridgehead atoms. The highest BCUT2D eigenvalue weighted by molar-refractivity contribution is 5.78. The maximum atomic E-state index is 12.2. The van der Waals surface area contributed by atoms with Crippen LogP contribution in [-0.4, -0.2) is 18.2 Å². The van der Waals surface area contributed by atoms with Crippen LogP contribution in [0.3, 0.4) is 0 Å². The summed E-state index contributed by atoms with van der Waals surface area (Å²) in [5, 5.41) is 9.97. The van der Waals surface area contributed by atoms with Gasteiger partial charge >= 0.3 is 5.97 Å². The van der Waals surface area contributed by atoms with Crippen LogP contribution in [0.2, 0.25) is 0 Å². The van der Waals surface area contributed by atoms with Crippen LogP contribution in [-0.2, 0) is 16.0 Å². The first-order chi connectivity index (χ1) is 10.0.